The van der Waals surface area contributed by atoms with Crippen LogP contribution in [0.25, 0.3) is 11.2 Å². The second kappa shape index (κ2) is 8.83. The van der Waals surface area contributed by atoms with Crippen LogP contribution in [0.2, 0.25) is 5.04 Å². The summed E-state index contributed by atoms with van der Waals surface area (Å²) >= 11 is 0. The molecule has 8 nitrogen and oxygen atoms in total. The minimum absolute atomic E-state index is 0.226. The van der Waals surface area contributed by atoms with Crippen molar-refractivity contribution in [2.45, 2.75) is 57.3 Å². The van der Waals surface area contributed by atoms with Crippen LogP contribution in [-0.4, -0.2) is 51.3 Å². The van der Waals surface area contributed by atoms with Gasteiger partial charge in [-0.05, 0) is 22.3 Å². The van der Waals surface area contributed by atoms with Gasteiger partial charge in [0.25, 0.3) is 8.32 Å². The fraction of sp³-hybridized carbons (Fsp3) is 0.346. The monoisotopic (exact) mass is 489 g/mol. The summed E-state index contributed by atoms with van der Waals surface area (Å²) in [6.07, 6.45) is 0.377. The van der Waals surface area contributed by atoms with Crippen molar-refractivity contribution in [2.24, 2.45) is 0 Å². The van der Waals surface area contributed by atoms with E-state index in [1.54, 1.807) is 10.9 Å². The average molecular weight is 490 g/mol. The molecule has 0 bridgehead atoms. The number of imidazole rings is 1. The zero-order chi connectivity index (χ0) is 24.8. The van der Waals surface area contributed by atoms with Crippen molar-refractivity contribution in [1.82, 2.24) is 19.5 Å². The molecular formula is C26H31N5O3Si. The Morgan fingerprint density at radius 3 is 2.14 bits per heavy atom. The number of rotatable bonds is 5. The van der Waals surface area contributed by atoms with Gasteiger partial charge in [-0.2, -0.15) is 0 Å². The molecule has 4 aromatic rings. The number of fused-ring (bicyclic) bond motifs is 1. The van der Waals surface area contributed by atoms with Crippen LogP contribution < -0.4 is 16.1 Å². The Hall–Kier alpha value is -3.11. The average Bonchev–Trinajstić information content (AvgIpc) is 3.39. The lowest BCUT2D eigenvalue weighted by Crippen LogP contribution is -2.68. The van der Waals surface area contributed by atoms with Crippen molar-refractivity contribution < 1.29 is 14.3 Å². The molecule has 0 aliphatic carbocycles. The van der Waals surface area contributed by atoms with Crippen LogP contribution in [0.5, 0.6) is 0 Å². The number of aliphatic hydroxyl groups is 1. The quantitative estimate of drug-likeness (QED) is 0.415. The minimum atomic E-state index is -2.89. The number of hydrogen-bond donors (Lipinski definition) is 2. The number of ether oxygens (including phenoxy) is 1. The maximum atomic E-state index is 11.6. The van der Waals surface area contributed by atoms with E-state index >= 15 is 0 Å². The maximum Gasteiger partial charge on any atom is 0.261 e. The summed E-state index contributed by atoms with van der Waals surface area (Å²) in [4.78, 5) is 12.7. The van der Waals surface area contributed by atoms with E-state index in [-0.39, 0.29) is 17.0 Å². The first kappa shape index (κ1) is 23.6. The molecule has 3 heterocycles. The fourth-order valence-corrected chi connectivity index (χ4v) is 9.92. The zero-order valence-corrected chi connectivity index (χ0v) is 21.4. The number of aromatic nitrogens is 4. The third-order valence-corrected chi connectivity index (χ3v) is 11.9. The first-order valence-corrected chi connectivity index (χ1v) is 13.7. The summed E-state index contributed by atoms with van der Waals surface area (Å²) in [5.41, 5.74) is 6.96. The summed E-state index contributed by atoms with van der Waals surface area (Å²) in [5.74, 6) is 0.286. The molecule has 0 saturated carbocycles. The van der Waals surface area contributed by atoms with E-state index in [4.69, 9.17) is 14.9 Å². The fourth-order valence-electron chi connectivity index (χ4n) is 5.17. The molecule has 5 rings (SSSR count). The van der Waals surface area contributed by atoms with Crippen molar-refractivity contribution in [3.63, 3.8) is 0 Å². The Labute approximate surface area is 205 Å². The number of aliphatic hydroxyl groups excluding tert-OH is 1. The first-order chi connectivity index (χ1) is 16.7. The molecular weight excluding hydrogens is 458 g/mol. The van der Waals surface area contributed by atoms with Gasteiger partial charge in [-0.1, -0.05) is 81.4 Å². The van der Waals surface area contributed by atoms with E-state index in [1.165, 1.54) is 6.33 Å². The van der Waals surface area contributed by atoms with Gasteiger partial charge < -0.3 is 20.0 Å². The highest BCUT2D eigenvalue weighted by atomic mass is 28.4. The van der Waals surface area contributed by atoms with Gasteiger partial charge in [0.2, 0.25) is 0 Å². The Morgan fingerprint density at radius 2 is 1.57 bits per heavy atom. The van der Waals surface area contributed by atoms with Crippen LogP contribution in [0, 0.1) is 0 Å². The maximum absolute atomic E-state index is 11.6. The standard InChI is InChI=1S/C26H31N5O3Si/c1-17-22(21(32)25(33-17)31-16-30-20-23(27)28-15-29-24(20)31)34-35(26(2,3)4,18-11-7-5-8-12-18)19-13-9-6-10-14-19/h5-17,21-22,25,32H,1-4H3,(H2,27,28,29)/t17-,21-,22-,25-/m1/s1. The van der Waals surface area contributed by atoms with Gasteiger partial charge in [-0.3, -0.25) is 4.57 Å². The van der Waals surface area contributed by atoms with Gasteiger partial charge in [0.15, 0.2) is 17.7 Å². The predicted molar refractivity (Wildman–Crippen MR) is 138 cm³/mol. The van der Waals surface area contributed by atoms with Crippen LogP contribution >= 0.6 is 0 Å². The lowest BCUT2D eigenvalue weighted by Gasteiger charge is -2.45. The third kappa shape index (κ3) is 3.84. The van der Waals surface area contributed by atoms with Crippen molar-refractivity contribution in [3.05, 3.63) is 73.3 Å². The van der Waals surface area contributed by atoms with Crippen LogP contribution in [0.15, 0.2) is 73.3 Å². The van der Waals surface area contributed by atoms with Crippen LogP contribution in [0.1, 0.15) is 33.9 Å². The number of benzene rings is 2. The van der Waals surface area contributed by atoms with Gasteiger partial charge in [0, 0.05) is 0 Å². The molecule has 0 spiro atoms. The van der Waals surface area contributed by atoms with E-state index in [0.717, 1.165) is 10.4 Å². The largest absolute Gasteiger partial charge is 0.399 e. The smallest absolute Gasteiger partial charge is 0.261 e. The van der Waals surface area contributed by atoms with Gasteiger partial charge in [-0.25, -0.2) is 15.0 Å². The molecule has 0 unspecified atom stereocenters. The molecule has 9 heteroatoms. The molecule has 3 N–H and O–H groups in total. The van der Waals surface area contributed by atoms with Crippen LogP contribution in [0.3, 0.4) is 0 Å². The molecule has 2 aromatic carbocycles. The van der Waals surface area contributed by atoms with E-state index in [1.807, 2.05) is 43.3 Å². The van der Waals surface area contributed by atoms with E-state index in [2.05, 4.69) is 60.0 Å². The Morgan fingerprint density at radius 1 is 0.971 bits per heavy atom. The Bertz CT molecular complexity index is 1270. The highest BCUT2D eigenvalue weighted by molar-refractivity contribution is 6.99. The molecule has 0 amide bonds. The number of nitrogens with two attached hydrogens (primary N) is 1. The third-order valence-electron chi connectivity index (χ3n) is 6.84. The lowest BCUT2D eigenvalue weighted by atomic mass is 10.1. The van der Waals surface area contributed by atoms with Crippen LogP contribution in [-0.2, 0) is 9.16 Å². The normalized spacial score (nSPS) is 23.1. The summed E-state index contributed by atoms with van der Waals surface area (Å²) in [5, 5.41) is 13.7. The number of nitrogen functional groups attached to an aromatic ring is 1. The van der Waals surface area contributed by atoms with Crippen molar-refractivity contribution in [2.75, 3.05) is 5.73 Å². The van der Waals surface area contributed by atoms with E-state index in [9.17, 15) is 5.11 Å². The number of anilines is 1. The Balaban J connectivity index is 1.59. The second-order valence-corrected chi connectivity index (χ2v) is 14.3. The molecule has 0 radical (unpaired) electrons. The van der Waals surface area contributed by atoms with E-state index in [0.29, 0.717) is 11.2 Å². The summed E-state index contributed by atoms with van der Waals surface area (Å²) < 4.78 is 15.2. The van der Waals surface area contributed by atoms with Gasteiger partial charge >= 0.3 is 0 Å². The molecule has 182 valence electrons. The highest BCUT2D eigenvalue weighted by Crippen LogP contribution is 2.41. The number of hydrogen-bond acceptors (Lipinski definition) is 7. The molecule has 2 aromatic heterocycles. The van der Waals surface area contributed by atoms with Gasteiger partial charge in [-0.15, -0.1) is 0 Å². The second-order valence-electron chi connectivity index (χ2n) is 10.1. The predicted octanol–water partition coefficient (Wildman–Crippen LogP) is 2.63. The lowest BCUT2D eigenvalue weighted by molar-refractivity contribution is -0.0299. The molecule has 1 fully saturated rings. The highest BCUT2D eigenvalue weighted by Gasteiger charge is 2.55. The van der Waals surface area contributed by atoms with Crippen LogP contribution in [0.4, 0.5) is 5.82 Å². The molecule has 1 saturated heterocycles. The van der Waals surface area contributed by atoms with Crippen molar-refractivity contribution in [3.8, 4) is 0 Å². The topological polar surface area (TPSA) is 108 Å². The first-order valence-electron chi connectivity index (χ1n) is 11.8. The van der Waals surface area contributed by atoms with E-state index < -0.39 is 26.8 Å². The van der Waals surface area contributed by atoms with Crippen molar-refractivity contribution in [1.29, 1.82) is 0 Å². The summed E-state index contributed by atoms with van der Waals surface area (Å²) in [6.45, 7) is 8.58. The minimum Gasteiger partial charge on any atom is -0.399 e. The SMILES string of the molecule is C[C@H]1O[C@@H](n2cnc3c(N)ncnc32)[C@H](O)[C@@H]1O[Si](c1ccccc1)(c1ccccc1)C(C)(C)C. The zero-order valence-electron chi connectivity index (χ0n) is 20.4. The van der Waals surface area contributed by atoms with Gasteiger partial charge in [0.05, 0.1) is 12.4 Å². The van der Waals surface area contributed by atoms with Crippen molar-refractivity contribution >= 4 is 35.7 Å². The number of nitrogens with zero attached hydrogens (tertiary/aromatic N) is 4. The van der Waals surface area contributed by atoms with Gasteiger partial charge in [0.1, 0.15) is 24.1 Å². The Kier molecular flexibility index (Phi) is 5.96. The molecule has 35 heavy (non-hydrogen) atoms. The molecule has 1 aliphatic rings. The summed E-state index contributed by atoms with van der Waals surface area (Å²) in [7, 11) is -2.89. The summed E-state index contributed by atoms with van der Waals surface area (Å²) in [6, 6.07) is 20.8. The molecule has 1 aliphatic heterocycles. The molecule has 4 atom stereocenters.